The number of hydrogen-bond acceptors (Lipinski definition) is 6. The molecule has 0 aliphatic carbocycles. The van der Waals surface area contributed by atoms with Crippen molar-refractivity contribution in [1.29, 1.82) is 0 Å². The van der Waals surface area contributed by atoms with Gasteiger partial charge in [-0.2, -0.15) is 9.37 Å². The molecule has 1 saturated heterocycles. The van der Waals surface area contributed by atoms with Crippen molar-refractivity contribution < 1.29 is 18.7 Å². The number of halogens is 1. The van der Waals surface area contributed by atoms with Gasteiger partial charge in [-0.25, -0.2) is 9.78 Å². The van der Waals surface area contributed by atoms with E-state index in [1.54, 1.807) is 4.90 Å². The van der Waals surface area contributed by atoms with Crippen LogP contribution in [0, 0.1) is 5.82 Å². The second kappa shape index (κ2) is 6.33. The monoisotopic (exact) mass is 312 g/mol. The van der Waals surface area contributed by atoms with Crippen LogP contribution in [-0.4, -0.2) is 52.8 Å². The minimum atomic E-state index is -0.616. The Morgan fingerprint density at radius 2 is 2.23 bits per heavy atom. The molecule has 122 valence electrons. The van der Waals surface area contributed by atoms with Crippen molar-refractivity contribution in [3.05, 3.63) is 12.0 Å². The van der Waals surface area contributed by atoms with Crippen LogP contribution in [0.1, 0.15) is 27.2 Å². The highest BCUT2D eigenvalue weighted by molar-refractivity contribution is 5.68. The lowest BCUT2D eigenvalue weighted by Crippen LogP contribution is -2.36. The van der Waals surface area contributed by atoms with Gasteiger partial charge in [-0.15, -0.1) is 0 Å². The number of aromatic nitrogens is 2. The normalized spacial score (nSPS) is 18.2. The molecular weight excluding hydrogens is 291 g/mol. The van der Waals surface area contributed by atoms with Crippen molar-refractivity contribution in [2.75, 3.05) is 25.5 Å². The number of carbonyl (C=O) groups is 1. The molecule has 0 unspecified atom stereocenters. The van der Waals surface area contributed by atoms with Crippen LogP contribution in [0.5, 0.6) is 5.88 Å². The Bertz CT molecular complexity index is 547. The first-order chi connectivity index (χ1) is 10.3. The summed E-state index contributed by atoms with van der Waals surface area (Å²) in [4.78, 5) is 21.4. The Hall–Kier alpha value is -2.12. The second-order valence-electron chi connectivity index (χ2n) is 6.11. The molecule has 1 fully saturated rings. The highest BCUT2D eigenvalue weighted by Crippen LogP contribution is 2.19. The molecule has 22 heavy (non-hydrogen) atoms. The summed E-state index contributed by atoms with van der Waals surface area (Å²) in [7, 11) is 1.34. The van der Waals surface area contributed by atoms with Gasteiger partial charge in [-0.3, -0.25) is 0 Å². The number of rotatable bonds is 3. The summed E-state index contributed by atoms with van der Waals surface area (Å²) in [6, 6.07) is -0.0114. The number of ether oxygens (including phenoxy) is 2. The molecular formula is C14H21FN4O3. The fraction of sp³-hybridized carbons (Fsp3) is 0.643. The molecule has 0 bridgehead atoms. The van der Waals surface area contributed by atoms with E-state index in [0.717, 1.165) is 12.6 Å². The van der Waals surface area contributed by atoms with Crippen molar-refractivity contribution in [1.82, 2.24) is 14.9 Å². The maximum atomic E-state index is 13.3. The summed E-state index contributed by atoms with van der Waals surface area (Å²) in [5, 5.41) is 3.07. The van der Waals surface area contributed by atoms with Gasteiger partial charge in [0.05, 0.1) is 13.3 Å². The summed E-state index contributed by atoms with van der Waals surface area (Å²) in [6.45, 7) is 6.56. The third-order valence-electron chi connectivity index (χ3n) is 3.08. The van der Waals surface area contributed by atoms with Gasteiger partial charge < -0.3 is 19.7 Å². The number of nitrogens with zero attached hydrogens (tertiary/aromatic N) is 3. The molecule has 0 aromatic carbocycles. The van der Waals surface area contributed by atoms with Gasteiger partial charge in [-0.1, -0.05) is 0 Å². The molecule has 1 N–H and O–H groups in total. The number of likely N-dealkylation sites (tertiary alicyclic amines) is 1. The van der Waals surface area contributed by atoms with Crippen LogP contribution in [-0.2, 0) is 4.74 Å². The summed E-state index contributed by atoms with van der Waals surface area (Å²) < 4.78 is 23.4. The van der Waals surface area contributed by atoms with E-state index in [1.807, 2.05) is 20.8 Å². The first-order valence-corrected chi connectivity index (χ1v) is 7.09. The van der Waals surface area contributed by atoms with Gasteiger partial charge in [0, 0.05) is 19.1 Å². The van der Waals surface area contributed by atoms with Gasteiger partial charge in [0.15, 0.2) is 0 Å². The zero-order chi connectivity index (χ0) is 16.3. The van der Waals surface area contributed by atoms with Gasteiger partial charge >= 0.3 is 6.09 Å². The van der Waals surface area contributed by atoms with E-state index in [0.29, 0.717) is 13.1 Å². The number of anilines is 1. The molecule has 0 spiro atoms. The van der Waals surface area contributed by atoms with Crippen LogP contribution >= 0.6 is 0 Å². The molecule has 1 amide bonds. The number of carbonyl (C=O) groups excluding carboxylic acids is 1. The van der Waals surface area contributed by atoms with Gasteiger partial charge in [0.25, 0.3) is 5.88 Å². The predicted molar refractivity (Wildman–Crippen MR) is 78.4 cm³/mol. The first-order valence-electron chi connectivity index (χ1n) is 7.09. The first kappa shape index (κ1) is 16.3. The average Bonchev–Trinajstić information content (AvgIpc) is 2.87. The Labute approximate surface area is 128 Å². The standard InChI is InChI=1S/C14H21FN4O3/c1-14(2,3)22-13(20)19-6-5-9(8-19)17-12-16-7-10(15)11(18-12)21-4/h7,9H,5-6,8H2,1-4H3,(H,16,17,18)/t9-/m0/s1. The lowest BCUT2D eigenvalue weighted by Gasteiger charge is -2.24. The molecule has 8 heteroatoms. The van der Waals surface area contributed by atoms with E-state index in [4.69, 9.17) is 9.47 Å². The molecule has 1 aliphatic heterocycles. The second-order valence-corrected chi connectivity index (χ2v) is 6.11. The Morgan fingerprint density at radius 3 is 2.86 bits per heavy atom. The summed E-state index contributed by atoms with van der Waals surface area (Å²) in [5.41, 5.74) is -0.518. The van der Waals surface area contributed by atoms with Crippen LogP contribution in [0.2, 0.25) is 0 Å². The van der Waals surface area contributed by atoms with Crippen molar-refractivity contribution >= 4 is 12.0 Å². The van der Waals surface area contributed by atoms with E-state index in [9.17, 15) is 9.18 Å². The van der Waals surface area contributed by atoms with Crippen LogP contribution in [0.4, 0.5) is 15.1 Å². The van der Waals surface area contributed by atoms with Crippen LogP contribution in [0.15, 0.2) is 6.20 Å². The number of hydrogen-bond donors (Lipinski definition) is 1. The van der Waals surface area contributed by atoms with E-state index in [-0.39, 0.29) is 24.0 Å². The maximum absolute atomic E-state index is 13.3. The van der Waals surface area contributed by atoms with E-state index < -0.39 is 11.4 Å². The fourth-order valence-electron chi connectivity index (χ4n) is 2.12. The quantitative estimate of drug-likeness (QED) is 0.920. The van der Waals surface area contributed by atoms with Crippen LogP contribution in [0.25, 0.3) is 0 Å². The molecule has 1 atom stereocenters. The maximum Gasteiger partial charge on any atom is 0.410 e. The number of methoxy groups -OCH3 is 1. The van der Waals surface area contributed by atoms with E-state index in [2.05, 4.69) is 15.3 Å². The molecule has 0 saturated carbocycles. The van der Waals surface area contributed by atoms with Crippen LogP contribution in [0.3, 0.4) is 0 Å². The molecule has 2 heterocycles. The predicted octanol–water partition coefficient (Wildman–Crippen LogP) is 2.05. The SMILES string of the molecule is COc1nc(N[C@H]2CCN(C(=O)OC(C)(C)C)C2)ncc1F. The Balaban J connectivity index is 1.92. The van der Waals surface area contributed by atoms with Crippen molar-refractivity contribution in [3.8, 4) is 5.88 Å². The minimum Gasteiger partial charge on any atom is -0.479 e. The van der Waals surface area contributed by atoms with E-state index >= 15 is 0 Å². The van der Waals surface area contributed by atoms with Gasteiger partial charge in [0.2, 0.25) is 11.8 Å². The Kier molecular flexibility index (Phi) is 4.68. The largest absolute Gasteiger partial charge is 0.479 e. The van der Waals surface area contributed by atoms with Gasteiger partial charge in [0.1, 0.15) is 5.60 Å². The highest BCUT2D eigenvalue weighted by atomic mass is 19.1. The summed E-state index contributed by atoms with van der Waals surface area (Å²) in [6.07, 6.45) is 1.45. The fourth-order valence-corrected chi connectivity index (χ4v) is 2.12. The molecule has 1 aromatic rings. The summed E-state index contributed by atoms with van der Waals surface area (Å²) in [5.74, 6) is -0.455. The summed E-state index contributed by atoms with van der Waals surface area (Å²) >= 11 is 0. The lowest BCUT2D eigenvalue weighted by atomic mass is 10.2. The molecule has 1 aliphatic rings. The van der Waals surface area contributed by atoms with Crippen molar-refractivity contribution in [2.24, 2.45) is 0 Å². The number of nitrogens with one attached hydrogen (secondary N) is 1. The van der Waals surface area contributed by atoms with Crippen LogP contribution < -0.4 is 10.1 Å². The molecule has 0 radical (unpaired) electrons. The van der Waals surface area contributed by atoms with Crippen molar-refractivity contribution in [3.63, 3.8) is 0 Å². The highest BCUT2D eigenvalue weighted by Gasteiger charge is 2.30. The smallest absolute Gasteiger partial charge is 0.410 e. The van der Waals surface area contributed by atoms with Crippen molar-refractivity contribution in [2.45, 2.75) is 38.8 Å². The molecule has 7 nitrogen and oxygen atoms in total. The van der Waals surface area contributed by atoms with Gasteiger partial charge in [-0.05, 0) is 27.2 Å². The van der Waals surface area contributed by atoms with E-state index in [1.165, 1.54) is 7.11 Å². The zero-order valence-corrected chi connectivity index (χ0v) is 13.2. The zero-order valence-electron chi connectivity index (χ0n) is 13.2. The topological polar surface area (TPSA) is 76.6 Å². The minimum absolute atomic E-state index is 0.0114. The third-order valence-corrected chi connectivity index (χ3v) is 3.08. The average molecular weight is 312 g/mol. The third kappa shape index (κ3) is 4.19. The lowest BCUT2D eigenvalue weighted by molar-refractivity contribution is 0.0293. The Morgan fingerprint density at radius 1 is 1.50 bits per heavy atom. The number of amides is 1. The molecule has 1 aromatic heterocycles. The molecule has 2 rings (SSSR count).